The number of benzene rings is 3. The van der Waals surface area contributed by atoms with Crippen molar-refractivity contribution in [3.05, 3.63) is 107 Å². The van der Waals surface area contributed by atoms with Crippen molar-refractivity contribution in [3.63, 3.8) is 0 Å². The van der Waals surface area contributed by atoms with Crippen molar-refractivity contribution >= 4 is 21.4 Å². The lowest BCUT2D eigenvalue weighted by Crippen LogP contribution is -2.48. The number of piperazine rings is 1. The van der Waals surface area contributed by atoms with Gasteiger partial charge in [-0.15, -0.1) is 11.3 Å². The average molecular weight is 537 g/mol. The third-order valence-corrected chi connectivity index (χ3v) is 8.40. The molecule has 0 aliphatic carbocycles. The summed E-state index contributed by atoms with van der Waals surface area (Å²) in [6.45, 7) is 8.04. The zero-order valence-electron chi connectivity index (χ0n) is 21.6. The zero-order valence-corrected chi connectivity index (χ0v) is 22.4. The number of nitrogens with zero attached hydrogens (tertiary/aromatic N) is 2. The molecule has 4 nitrogen and oxygen atoms in total. The molecular weight excluding hydrogens is 502 g/mol. The van der Waals surface area contributed by atoms with Crippen molar-refractivity contribution in [2.75, 3.05) is 45.9 Å². The summed E-state index contributed by atoms with van der Waals surface area (Å²) in [7, 11) is 0. The van der Waals surface area contributed by atoms with E-state index in [1.54, 1.807) is 35.6 Å². The van der Waals surface area contributed by atoms with E-state index in [1.165, 1.54) is 29.0 Å². The summed E-state index contributed by atoms with van der Waals surface area (Å²) in [5.74, 6) is -0.458. The van der Waals surface area contributed by atoms with Crippen LogP contribution in [0.25, 0.3) is 10.1 Å². The topological polar surface area (TPSA) is 35.9 Å². The minimum atomic E-state index is -0.479. The van der Waals surface area contributed by atoms with Gasteiger partial charge in [-0.25, -0.2) is 8.78 Å². The maximum Gasteiger partial charge on any atom is 0.123 e. The Kier molecular flexibility index (Phi) is 8.82. The molecule has 1 aliphatic rings. The fourth-order valence-electron chi connectivity index (χ4n) is 5.20. The lowest BCUT2D eigenvalue weighted by molar-refractivity contribution is 0.0351. The zero-order chi connectivity index (χ0) is 26.5. The van der Waals surface area contributed by atoms with Gasteiger partial charge in [0.25, 0.3) is 0 Å². The molecule has 5 rings (SSSR count). The number of fused-ring (bicyclic) bond motifs is 1. The van der Waals surface area contributed by atoms with Gasteiger partial charge in [0.2, 0.25) is 0 Å². The number of aliphatic hydroxyl groups is 1. The molecule has 2 atom stereocenters. The quantitative estimate of drug-likeness (QED) is 0.259. The normalized spacial score (nSPS) is 16.8. The van der Waals surface area contributed by atoms with Gasteiger partial charge in [0.1, 0.15) is 17.7 Å². The van der Waals surface area contributed by atoms with Crippen LogP contribution in [0.2, 0.25) is 0 Å². The molecule has 7 heteroatoms. The molecule has 0 radical (unpaired) electrons. The summed E-state index contributed by atoms with van der Waals surface area (Å²) in [6.07, 6.45) is -0.861. The van der Waals surface area contributed by atoms with Crippen molar-refractivity contribution in [1.82, 2.24) is 9.80 Å². The molecule has 200 valence electrons. The first-order valence-electron chi connectivity index (χ1n) is 13.2. The van der Waals surface area contributed by atoms with Crippen LogP contribution in [0.5, 0.6) is 0 Å². The number of ether oxygens (including phenoxy) is 1. The highest BCUT2D eigenvalue weighted by Crippen LogP contribution is 2.34. The fourth-order valence-corrected chi connectivity index (χ4v) is 6.19. The van der Waals surface area contributed by atoms with E-state index in [-0.39, 0.29) is 23.7 Å². The number of halogens is 2. The molecule has 3 aromatic carbocycles. The molecular formula is C31H34F2N2O2S. The van der Waals surface area contributed by atoms with E-state index in [1.807, 2.05) is 12.1 Å². The Morgan fingerprint density at radius 3 is 2.05 bits per heavy atom. The van der Waals surface area contributed by atoms with Crippen LogP contribution >= 0.6 is 11.3 Å². The van der Waals surface area contributed by atoms with Crippen LogP contribution in [-0.4, -0.2) is 60.8 Å². The van der Waals surface area contributed by atoms with E-state index < -0.39 is 6.10 Å². The van der Waals surface area contributed by atoms with Crippen molar-refractivity contribution in [3.8, 4) is 0 Å². The number of aliphatic hydroxyl groups excluding tert-OH is 1. The average Bonchev–Trinajstić information content (AvgIpc) is 3.37. The molecule has 4 aromatic rings. The molecule has 0 saturated carbocycles. The Bertz CT molecular complexity index is 1260. The van der Waals surface area contributed by atoms with E-state index in [4.69, 9.17) is 4.74 Å². The number of hydrogen-bond donors (Lipinski definition) is 1. The van der Waals surface area contributed by atoms with Gasteiger partial charge in [-0.1, -0.05) is 49.4 Å². The number of thiophene rings is 1. The fraction of sp³-hybridized carbons (Fsp3) is 0.355. The lowest BCUT2D eigenvalue weighted by atomic mass is 9.96. The summed E-state index contributed by atoms with van der Waals surface area (Å²) in [6, 6.07) is 20.8. The summed E-state index contributed by atoms with van der Waals surface area (Å²) >= 11 is 1.69. The highest BCUT2D eigenvalue weighted by molar-refractivity contribution is 7.17. The molecule has 1 aliphatic heterocycles. The van der Waals surface area contributed by atoms with Crippen LogP contribution in [0.15, 0.2) is 78.2 Å². The molecule has 1 saturated heterocycles. The van der Waals surface area contributed by atoms with Gasteiger partial charge in [0, 0.05) is 44.0 Å². The Morgan fingerprint density at radius 1 is 0.842 bits per heavy atom. The molecule has 1 fully saturated rings. The number of hydrogen-bond acceptors (Lipinski definition) is 5. The molecule has 38 heavy (non-hydrogen) atoms. The Morgan fingerprint density at radius 2 is 1.42 bits per heavy atom. The van der Waals surface area contributed by atoms with Crippen LogP contribution < -0.4 is 0 Å². The smallest absolute Gasteiger partial charge is 0.123 e. The second kappa shape index (κ2) is 12.5. The Balaban J connectivity index is 1.11. The monoisotopic (exact) mass is 536 g/mol. The lowest BCUT2D eigenvalue weighted by Gasteiger charge is -2.36. The van der Waals surface area contributed by atoms with E-state index in [9.17, 15) is 13.9 Å². The second-order valence-electron chi connectivity index (χ2n) is 10.1. The highest BCUT2D eigenvalue weighted by Gasteiger charge is 2.25. The van der Waals surface area contributed by atoms with Crippen LogP contribution in [0.1, 0.15) is 35.8 Å². The van der Waals surface area contributed by atoms with E-state index >= 15 is 0 Å². The van der Waals surface area contributed by atoms with Crippen molar-refractivity contribution in [1.29, 1.82) is 0 Å². The Hall–Kier alpha value is -2.68. The summed E-state index contributed by atoms with van der Waals surface area (Å²) in [5.41, 5.74) is 2.72. The van der Waals surface area contributed by atoms with Crippen molar-refractivity contribution in [2.24, 2.45) is 5.92 Å². The molecule has 0 spiro atoms. The van der Waals surface area contributed by atoms with Gasteiger partial charge < -0.3 is 14.7 Å². The van der Waals surface area contributed by atoms with E-state index in [0.29, 0.717) is 6.61 Å². The summed E-state index contributed by atoms with van der Waals surface area (Å²) in [5, 5.41) is 14.3. The maximum absolute atomic E-state index is 13.5. The predicted octanol–water partition coefficient (Wildman–Crippen LogP) is 6.27. The van der Waals surface area contributed by atoms with Crippen molar-refractivity contribution in [2.45, 2.75) is 19.1 Å². The first kappa shape index (κ1) is 26.9. The molecule has 1 aromatic heterocycles. The molecule has 0 amide bonds. The largest absolute Gasteiger partial charge is 0.388 e. The first-order chi connectivity index (χ1) is 18.5. The van der Waals surface area contributed by atoms with Gasteiger partial charge in [0.15, 0.2) is 0 Å². The van der Waals surface area contributed by atoms with E-state index in [0.717, 1.165) is 61.3 Å². The maximum atomic E-state index is 13.5. The van der Waals surface area contributed by atoms with Gasteiger partial charge in [0.05, 0.1) is 12.7 Å². The summed E-state index contributed by atoms with van der Waals surface area (Å²) < 4.78 is 34.4. The molecule has 2 heterocycles. The van der Waals surface area contributed by atoms with Crippen LogP contribution in [0, 0.1) is 17.6 Å². The first-order valence-corrected chi connectivity index (χ1v) is 14.1. The minimum Gasteiger partial charge on any atom is -0.388 e. The van der Waals surface area contributed by atoms with Gasteiger partial charge in [-0.3, -0.25) is 4.90 Å². The second-order valence-corrected chi connectivity index (χ2v) is 11.0. The SMILES string of the molecule is CC(CN1CCN(CCOC(c2ccc(F)cc2)c2ccc(F)cc2)CC1)C(O)c1csc2ccccc12. The summed E-state index contributed by atoms with van der Waals surface area (Å²) in [4.78, 5) is 4.82. The van der Waals surface area contributed by atoms with Gasteiger partial charge in [-0.2, -0.15) is 0 Å². The molecule has 1 N–H and O–H groups in total. The number of rotatable bonds is 10. The highest BCUT2D eigenvalue weighted by atomic mass is 32.1. The van der Waals surface area contributed by atoms with Crippen LogP contribution in [-0.2, 0) is 4.74 Å². The van der Waals surface area contributed by atoms with E-state index in [2.05, 4.69) is 34.2 Å². The third-order valence-electron chi connectivity index (χ3n) is 7.42. The molecule has 0 bridgehead atoms. The van der Waals surface area contributed by atoms with Crippen LogP contribution in [0.4, 0.5) is 8.78 Å². The van der Waals surface area contributed by atoms with Crippen molar-refractivity contribution < 1.29 is 18.6 Å². The predicted molar refractivity (Wildman–Crippen MR) is 149 cm³/mol. The third kappa shape index (κ3) is 6.47. The standard InChI is InChI=1S/C31H34F2N2O2S/c1-22(30(36)28-21-38-29-5-3-2-4-27(28)29)20-35-16-14-34(15-17-35)18-19-37-31(23-6-10-25(32)11-7-23)24-8-12-26(33)13-9-24/h2-13,21-22,30-31,36H,14-20H2,1H3. The minimum absolute atomic E-state index is 0.134. The van der Waals surface area contributed by atoms with Crippen LogP contribution in [0.3, 0.4) is 0 Å². The van der Waals surface area contributed by atoms with Gasteiger partial charge >= 0.3 is 0 Å². The Labute approximate surface area is 227 Å². The molecule has 2 unspecified atom stereocenters. The van der Waals surface area contributed by atoms with Gasteiger partial charge in [-0.05, 0) is 63.7 Å².